The summed E-state index contributed by atoms with van der Waals surface area (Å²) in [7, 11) is 0. The maximum Gasteiger partial charge on any atom is 0.00698 e. The van der Waals surface area contributed by atoms with Crippen molar-refractivity contribution in [3.05, 3.63) is 0 Å². The molecule has 1 nitrogen and oxygen atoms in total. The second kappa shape index (κ2) is 5.34. The molecule has 2 fully saturated rings. The molecular formula is C14H27N. The van der Waals surface area contributed by atoms with Crippen LogP contribution in [0.15, 0.2) is 0 Å². The molecule has 0 amide bonds. The van der Waals surface area contributed by atoms with Gasteiger partial charge in [0.15, 0.2) is 0 Å². The van der Waals surface area contributed by atoms with Crippen LogP contribution >= 0.6 is 0 Å². The third kappa shape index (κ3) is 3.21. The van der Waals surface area contributed by atoms with E-state index in [-0.39, 0.29) is 0 Å². The van der Waals surface area contributed by atoms with Gasteiger partial charge in [-0.3, -0.25) is 0 Å². The summed E-state index contributed by atoms with van der Waals surface area (Å²) >= 11 is 0. The molecule has 2 aliphatic carbocycles. The van der Waals surface area contributed by atoms with Gasteiger partial charge in [-0.2, -0.15) is 0 Å². The largest absolute Gasteiger partial charge is 0.314 e. The smallest absolute Gasteiger partial charge is 0.00698 e. The standard InChI is InChI=1S/C14H27N/c1-11-6-7-14(10-12(11)2)15-9-8-13-4-3-5-13/h11-15H,3-10H2,1-2H3. The maximum absolute atomic E-state index is 3.77. The topological polar surface area (TPSA) is 12.0 Å². The fraction of sp³-hybridized carbons (Fsp3) is 1.00. The first-order valence-electron chi connectivity index (χ1n) is 6.99. The molecule has 0 spiro atoms. The van der Waals surface area contributed by atoms with Gasteiger partial charge in [-0.25, -0.2) is 0 Å². The Balaban J connectivity index is 1.58. The minimum atomic E-state index is 0.830. The minimum absolute atomic E-state index is 0.830. The molecule has 0 radical (unpaired) electrons. The van der Waals surface area contributed by atoms with Crippen molar-refractivity contribution in [2.75, 3.05) is 6.54 Å². The van der Waals surface area contributed by atoms with Crippen LogP contribution in [0.4, 0.5) is 0 Å². The summed E-state index contributed by atoms with van der Waals surface area (Å²) in [6.07, 6.45) is 10.2. The average Bonchev–Trinajstić information content (AvgIpc) is 2.15. The Morgan fingerprint density at radius 1 is 1.00 bits per heavy atom. The second-order valence-corrected chi connectivity index (χ2v) is 6.00. The molecule has 15 heavy (non-hydrogen) atoms. The third-order valence-electron chi connectivity index (χ3n) is 4.81. The normalized spacial score (nSPS) is 37.6. The second-order valence-electron chi connectivity index (χ2n) is 6.00. The van der Waals surface area contributed by atoms with Crippen LogP contribution in [0, 0.1) is 17.8 Å². The molecule has 0 aromatic rings. The highest BCUT2D eigenvalue weighted by Crippen LogP contribution is 2.31. The fourth-order valence-electron chi connectivity index (χ4n) is 3.01. The monoisotopic (exact) mass is 209 g/mol. The Kier molecular flexibility index (Phi) is 4.07. The Labute approximate surface area is 95.0 Å². The summed E-state index contributed by atoms with van der Waals surface area (Å²) in [6, 6.07) is 0.830. The molecule has 2 aliphatic rings. The van der Waals surface area contributed by atoms with Crippen molar-refractivity contribution >= 4 is 0 Å². The lowest BCUT2D eigenvalue weighted by atomic mass is 9.79. The molecule has 0 heterocycles. The van der Waals surface area contributed by atoms with Gasteiger partial charge in [0.2, 0.25) is 0 Å². The highest BCUT2D eigenvalue weighted by molar-refractivity contribution is 4.80. The van der Waals surface area contributed by atoms with Gasteiger partial charge in [-0.05, 0) is 50.0 Å². The summed E-state index contributed by atoms with van der Waals surface area (Å²) in [5.41, 5.74) is 0. The van der Waals surface area contributed by atoms with Crippen molar-refractivity contribution in [1.82, 2.24) is 5.32 Å². The van der Waals surface area contributed by atoms with E-state index in [4.69, 9.17) is 0 Å². The summed E-state index contributed by atoms with van der Waals surface area (Å²) in [5, 5.41) is 3.77. The van der Waals surface area contributed by atoms with E-state index in [1.165, 1.54) is 51.5 Å². The zero-order chi connectivity index (χ0) is 10.7. The number of nitrogens with one attached hydrogen (secondary N) is 1. The van der Waals surface area contributed by atoms with E-state index in [0.29, 0.717) is 0 Å². The highest BCUT2D eigenvalue weighted by atomic mass is 14.9. The van der Waals surface area contributed by atoms with E-state index < -0.39 is 0 Å². The predicted molar refractivity (Wildman–Crippen MR) is 65.9 cm³/mol. The summed E-state index contributed by atoms with van der Waals surface area (Å²) in [6.45, 7) is 6.11. The van der Waals surface area contributed by atoms with Crippen molar-refractivity contribution in [2.24, 2.45) is 17.8 Å². The first-order valence-corrected chi connectivity index (χ1v) is 6.99. The Morgan fingerprint density at radius 2 is 1.80 bits per heavy atom. The molecule has 0 aromatic heterocycles. The van der Waals surface area contributed by atoms with E-state index in [1.807, 2.05) is 0 Å². The third-order valence-corrected chi connectivity index (χ3v) is 4.81. The number of hydrogen-bond donors (Lipinski definition) is 1. The Bertz CT molecular complexity index is 186. The molecule has 0 bridgehead atoms. The van der Waals surface area contributed by atoms with Gasteiger partial charge in [-0.15, -0.1) is 0 Å². The van der Waals surface area contributed by atoms with Crippen molar-refractivity contribution in [3.8, 4) is 0 Å². The highest BCUT2D eigenvalue weighted by Gasteiger charge is 2.24. The SMILES string of the molecule is CC1CCC(NCCC2CCC2)CC1C. The first-order chi connectivity index (χ1) is 7.25. The van der Waals surface area contributed by atoms with Gasteiger partial charge in [0.25, 0.3) is 0 Å². The van der Waals surface area contributed by atoms with Crippen molar-refractivity contribution in [1.29, 1.82) is 0 Å². The first kappa shape index (κ1) is 11.4. The average molecular weight is 209 g/mol. The molecule has 88 valence electrons. The summed E-state index contributed by atoms with van der Waals surface area (Å²) < 4.78 is 0. The molecule has 2 rings (SSSR count). The van der Waals surface area contributed by atoms with E-state index in [2.05, 4.69) is 19.2 Å². The molecule has 3 atom stereocenters. The van der Waals surface area contributed by atoms with Crippen LogP contribution in [-0.2, 0) is 0 Å². The molecule has 0 saturated heterocycles. The predicted octanol–water partition coefficient (Wildman–Crippen LogP) is 3.59. The van der Waals surface area contributed by atoms with E-state index in [1.54, 1.807) is 0 Å². The van der Waals surface area contributed by atoms with Crippen LogP contribution < -0.4 is 5.32 Å². The van der Waals surface area contributed by atoms with Gasteiger partial charge in [0, 0.05) is 6.04 Å². The van der Waals surface area contributed by atoms with Crippen LogP contribution in [0.25, 0.3) is 0 Å². The van der Waals surface area contributed by atoms with Crippen LogP contribution in [0.3, 0.4) is 0 Å². The lowest BCUT2D eigenvalue weighted by Crippen LogP contribution is -2.37. The van der Waals surface area contributed by atoms with E-state index >= 15 is 0 Å². The van der Waals surface area contributed by atoms with Crippen LogP contribution in [0.1, 0.15) is 58.8 Å². The molecule has 1 heteroatoms. The minimum Gasteiger partial charge on any atom is -0.314 e. The van der Waals surface area contributed by atoms with Gasteiger partial charge in [0.1, 0.15) is 0 Å². The van der Waals surface area contributed by atoms with Crippen LogP contribution in [-0.4, -0.2) is 12.6 Å². The zero-order valence-electron chi connectivity index (χ0n) is 10.5. The number of hydrogen-bond acceptors (Lipinski definition) is 1. The number of rotatable bonds is 4. The van der Waals surface area contributed by atoms with Crippen molar-refractivity contribution < 1.29 is 0 Å². The summed E-state index contributed by atoms with van der Waals surface area (Å²) in [5.74, 6) is 2.95. The van der Waals surface area contributed by atoms with Gasteiger partial charge in [0.05, 0.1) is 0 Å². The molecule has 0 aliphatic heterocycles. The maximum atomic E-state index is 3.77. The van der Waals surface area contributed by atoms with E-state index in [0.717, 1.165) is 23.8 Å². The molecule has 1 N–H and O–H groups in total. The summed E-state index contributed by atoms with van der Waals surface area (Å²) in [4.78, 5) is 0. The zero-order valence-corrected chi connectivity index (χ0v) is 10.5. The molecule has 3 unspecified atom stereocenters. The molecular weight excluding hydrogens is 182 g/mol. The van der Waals surface area contributed by atoms with Crippen molar-refractivity contribution in [3.63, 3.8) is 0 Å². The molecule has 0 aromatic carbocycles. The van der Waals surface area contributed by atoms with Crippen LogP contribution in [0.5, 0.6) is 0 Å². The Hall–Kier alpha value is -0.0400. The van der Waals surface area contributed by atoms with Gasteiger partial charge >= 0.3 is 0 Å². The van der Waals surface area contributed by atoms with E-state index in [9.17, 15) is 0 Å². The van der Waals surface area contributed by atoms with Gasteiger partial charge in [-0.1, -0.05) is 33.1 Å². The van der Waals surface area contributed by atoms with Crippen molar-refractivity contribution in [2.45, 2.75) is 64.8 Å². The molecule has 2 saturated carbocycles. The Morgan fingerprint density at radius 3 is 2.40 bits per heavy atom. The quantitative estimate of drug-likeness (QED) is 0.746. The fourth-order valence-corrected chi connectivity index (χ4v) is 3.01. The van der Waals surface area contributed by atoms with Crippen LogP contribution in [0.2, 0.25) is 0 Å². The lowest BCUT2D eigenvalue weighted by Gasteiger charge is -2.33. The lowest BCUT2D eigenvalue weighted by molar-refractivity contribution is 0.217. The van der Waals surface area contributed by atoms with Gasteiger partial charge < -0.3 is 5.32 Å².